The molecule has 0 saturated heterocycles. The van der Waals surface area contributed by atoms with E-state index in [0.29, 0.717) is 23.8 Å². The van der Waals surface area contributed by atoms with Crippen LogP contribution >= 0.6 is 0 Å². The molecule has 0 fully saturated rings. The first-order valence-electron chi connectivity index (χ1n) is 7.39. The summed E-state index contributed by atoms with van der Waals surface area (Å²) in [5.74, 6) is 2.18. The van der Waals surface area contributed by atoms with Crippen LogP contribution in [0.4, 0.5) is 0 Å². The van der Waals surface area contributed by atoms with Crippen LogP contribution in [0.1, 0.15) is 22.7 Å². The van der Waals surface area contributed by atoms with Crippen molar-refractivity contribution in [1.82, 2.24) is 5.32 Å². The molecule has 0 saturated carbocycles. The first-order chi connectivity index (χ1) is 11.2. The Balaban J connectivity index is 1.97. The number of nitrogens with one attached hydrogen (secondary N) is 2. The van der Waals surface area contributed by atoms with Gasteiger partial charge in [0.05, 0.1) is 33.1 Å². The molecule has 1 atom stereocenters. The Morgan fingerprint density at radius 3 is 2.30 bits per heavy atom. The molecule has 0 spiro atoms. The fourth-order valence-electron chi connectivity index (χ4n) is 2.96. The van der Waals surface area contributed by atoms with E-state index in [1.54, 1.807) is 21.3 Å². The van der Waals surface area contributed by atoms with E-state index in [1.807, 2.05) is 36.4 Å². The summed E-state index contributed by atoms with van der Waals surface area (Å²) in [6.07, 6.45) is 0. The number of methoxy groups -OCH3 is 3. The lowest BCUT2D eigenvalue weighted by atomic mass is 9.89. The van der Waals surface area contributed by atoms with Crippen molar-refractivity contribution in [2.45, 2.75) is 12.6 Å². The first kappa shape index (κ1) is 15.4. The Morgan fingerprint density at radius 1 is 0.957 bits per heavy atom. The van der Waals surface area contributed by atoms with Gasteiger partial charge in [-0.3, -0.25) is 0 Å². The van der Waals surface area contributed by atoms with Crippen LogP contribution in [0.15, 0.2) is 36.4 Å². The van der Waals surface area contributed by atoms with Crippen LogP contribution in [0.2, 0.25) is 0 Å². The molecule has 0 radical (unpaired) electrons. The lowest BCUT2D eigenvalue weighted by Crippen LogP contribution is -2.34. The standard InChI is InChI=1S/C18H20N2O3/c1-21-12-6-4-11(5-7-12)17-16(19)13-8-9-15(22-2)18(23-3)14(13)10-20-17/h4-9,17,19-20H,10H2,1-3H3. The number of hydrogen-bond donors (Lipinski definition) is 2. The molecular formula is C18H20N2O3. The minimum absolute atomic E-state index is 0.147. The van der Waals surface area contributed by atoms with E-state index >= 15 is 0 Å². The molecule has 0 bridgehead atoms. The van der Waals surface area contributed by atoms with E-state index in [1.165, 1.54) is 0 Å². The van der Waals surface area contributed by atoms with Crippen molar-refractivity contribution in [3.05, 3.63) is 53.1 Å². The molecule has 3 rings (SSSR count). The minimum atomic E-state index is -0.147. The normalized spacial score (nSPS) is 16.7. The van der Waals surface area contributed by atoms with Gasteiger partial charge in [0, 0.05) is 17.7 Å². The maximum absolute atomic E-state index is 8.57. The largest absolute Gasteiger partial charge is 0.497 e. The molecule has 0 aromatic heterocycles. The van der Waals surface area contributed by atoms with Gasteiger partial charge in [0.25, 0.3) is 0 Å². The topological polar surface area (TPSA) is 63.6 Å². The molecule has 0 aliphatic carbocycles. The Labute approximate surface area is 135 Å². The fraction of sp³-hybridized carbons (Fsp3) is 0.278. The van der Waals surface area contributed by atoms with E-state index in [9.17, 15) is 0 Å². The molecule has 5 heteroatoms. The fourth-order valence-corrected chi connectivity index (χ4v) is 2.96. The Bertz CT molecular complexity index is 726. The second kappa shape index (κ2) is 6.30. The van der Waals surface area contributed by atoms with E-state index in [-0.39, 0.29) is 6.04 Å². The smallest absolute Gasteiger partial charge is 0.165 e. The third-order valence-corrected chi connectivity index (χ3v) is 4.16. The summed E-state index contributed by atoms with van der Waals surface area (Å²) in [6, 6.07) is 11.4. The first-order valence-corrected chi connectivity index (χ1v) is 7.39. The molecule has 1 aliphatic rings. The van der Waals surface area contributed by atoms with E-state index in [0.717, 1.165) is 22.4 Å². The van der Waals surface area contributed by atoms with Crippen LogP contribution in [0, 0.1) is 5.41 Å². The maximum atomic E-state index is 8.57. The molecule has 120 valence electrons. The van der Waals surface area contributed by atoms with Crippen molar-refractivity contribution in [3.63, 3.8) is 0 Å². The van der Waals surface area contributed by atoms with Crippen molar-refractivity contribution in [1.29, 1.82) is 5.41 Å². The molecule has 5 nitrogen and oxygen atoms in total. The average molecular weight is 312 g/mol. The van der Waals surface area contributed by atoms with E-state index < -0.39 is 0 Å². The van der Waals surface area contributed by atoms with E-state index in [4.69, 9.17) is 19.6 Å². The highest BCUT2D eigenvalue weighted by molar-refractivity contribution is 6.05. The van der Waals surface area contributed by atoms with Crippen LogP contribution in [0.25, 0.3) is 0 Å². The molecule has 2 N–H and O–H groups in total. The molecule has 2 aromatic carbocycles. The van der Waals surface area contributed by atoms with Crippen LogP contribution in [0.3, 0.4) is 0 Å². The van der Waals surface area contributed by atoms with Gasteiger partial charge in [0.15, 0.2) is 11.5 Å². The third-order valence-electron chi connectivity index (χ3n) is 4.16. The zero-order chi connectivity index (χ0) is 16.4. The van der Waals surface area contributed by atoms with Gasteiger partial charge in [-0.25, -0.2) is 0 Å². The second-order valence-corrected chi connectivity index (χ2v) is 5.33. The van der Waals surface area contributed by atoms with Crippen LogP contribution in [-0.4, -0.2) is 27.0 Å². The molecule has 23 heavy (non-hydrogen) atoms. The van der Waals surface area contributed by atoms with Gasteiger partial charge >= 0.3 is 0 Å². The molecular weight excluding hydrogens is 292 g/mol. The third kappa shape index (κ3) is 2.64. The number of ether oxygens (including phenoxy) is 3. The van der Waals surface area contributed by atoms with Gasteiger partial charge in [0.2, 0.25) is 0 Å². The predicted molar refractivity (Wildman–Crippen MR) is 88.9 cm³/mol. The molecule has 1 unspecified atom stereocenters. The summed E-state index contributed by atoms with van der Waals surface area (Å²) in [7, 11) is 4.88. The summed E-state index contributed by atoms with van der Waals surface area (Å²) in [6.45, 7) is 0.620. The quantitative estimate of drug-likeness (QED) is 0.911. The predicted octanol–water partition coefficient (Wildman–Crippen LogP) is 2.92. The summed E-state index contributed by atoms with van der Waals surface area (Å²) >= 11 is 0. The highest BCUT2D eigenvalue weighted by Crippen LogP contribution is 2.37. The van der Waals surface area contributed by atoms with Crippen molar-refractivity contribution >= 4 is 5.71 Å². The number of fused-ring (bicyclic) bond motifs is 1. The number of benzene rings is 2. The highest BCUT2D eigenvalue weighted by atomic mass is 16.5. The number of rotatable bonds is 4. The summed E-state index contributed by atoms with van der Waals surface area (Å²) in [5.41, 5.74) is 3.41. The summed E-state index contributed by atoms with van der Waals surface area (Å²) in [5, 5.41) is 12.0. The Kier molecular flexibility index (Phi) is 4.21. The zero-order valence-electron chi connectivity index (χ0n) is 13.5. The molecule has 1 heterocycles. The summed E-state index contributed by atoms with van der Waals surface area (Å²) < 4.78 is 16.0. The van der Waals surface area contributed by atoms with Gasteiger partial charge in [-0.15, -0.1) is 0 Å². The van der Waals surface area contributed by atoms with Gasteiger partial charge in [-0.2, -0.15) is 0 Å². The van der Waals surface area contributed by atoms with Crippen LogP contribution in [0.5, 0.6) is 17.2 Å². The van der Waals surface area contributed by atoms with Crippen molar-refractivity contribution < 1.29 is 14.2 Å². The summed E-state index contributed by atoms with van der Waals surface area (Å²) in [4.78, 5) is 0. The van der Waals surface area contributed by atoms with E-state index in [2.05, 4.69) is 5.32 Å². The average Bonchev–Trinajstić information content (AvgIpc) is 2.61. The lowest BCUT2D eigenvalue weighted by molar-refractivity contribution is 0.349. The molecule has 0 amide bonds. The lowest BCUT2D eigenvalue weighted by Gasteiger charge is -2.29. The Morgan fingerprint density at radius 2 is 1.70 bits per heavy atom. The Hall–Kier alpha value is -2.53. The molecule has 2 aromatic rings. The van der Waals surface area contributed by atoms with Gasteiger partial charge in [-0.1, -0.05) is 12.1 Å². The number of hydrogen-bond acceptors (Lipinski definition) is 5. The molecule has 1 aliphatic heterocycles. The monoisotopic (exact) mass is 312 g/mol. The van der Waals surface area contributed by atoms with Crippen molar-refractivity contribution in [2.75, 3.05) is 21.3 Å². The maximum Gasteiger partial charge on any atom is 0.165 e. The minimum Gasteiger partial charge on any atom is -0.497 e. The van der Waals surface area contributed by atoms with Crippen LogP contribution in [-0.2, 0) is 6.54 Å². The van der Waals surface area contributed by atoms with Gasteiger partial charge < -0.3 is 24.9 Å². The second-order valence-electron chi connectivity index (χ2n) is 5.33. The van der Waals surface area contributed by atoms with Crippen LogP contribution < -0.4 is 19.5 Å². The van der Waals surface area contributed by atoms with Gasteiger partial charge in [-0.05, 0) is 29.8 Å². The highest BCUT2D eigenvalue weighted by Gasteiger charge is 2.28. The van der Waals surface area contributed by atoms with Gasteiger partial charge in [0.1, 0.15) is 5.75 Å². The SMILES string of the molecule is COc1ccc(C2NCc3c(ccc(OC)c3OC)C2=N)cc1. The zero-order valence-corrected chi connectivity index (χ0v) is 13.5. The van der Waals surface area contributed by atoms with Crippen molar-refractivity contribution in [3.8, 4) is 17.2 Å². The van der Waals surface area contributed by atoms with Crippen molar-refractivity contribution in [2.24, 2.45) is 0 Å².